The number of allylic oxidation sites excluding steroid dienone is 1. The molecule has 0 bridgehead atoms. The summed E-state index contributed by atoms with van der Waals surface area (Å²) in [5.41, 5.74) is 0.573. The number of carbonyl (C=O) groups excluding carboxylic acids is 1. The van der Waals surface area contributed by atoms with E-state index >= 15 is 0 Å². The van der Waals surface area contributed by atoms with Crippen LogP contribution in [0.15, 0.2) is 65.6 Å². The quantitative estimate of drug-likeness (QED) is 0.250. The highest BCUT2D eigenvalue weighted by molar-refractivity contribution is 7.99. The lowest BCUT2D eigenvalue weighted by atomic mass is 10.2. The van der Waals surface area contributed by atoms with Crippen LogP contribution in [-0.2, 0) is 17.9 Å². The first-order chi connectivity index (χ1) is 14.7. The van der Waals surface area contributed by atoms with Gasteiger partial charge in [-0.1, -0.05) is 30.0 Å². The van der Waals surface area contributed by atoms with Gasteiger partial charge in [-0.3, -0.25) is 18.6 Å². The van der Waals surface area contributed by atoms with Crippen molar-refractivity contribution in [3.8, 4) is 0 Å². The summed E-state index contributed by atoms with van der Waals surface area (Å²) in [6.07, 6.45) is 7.85. The van der Waals surface area contributed by atoms with Gasteiger partial charge in [0.2, 0.25) is 11.7 Å². The molecule has 0 aliphatic heterocycles. The monoisotopic (exact) mass is 423 g/mol. The summed E-state index contributed by atoms with van der Waals surface area (Å²) in [6, 6.07) is 7.31. The highest BCUT2D eigenvalue weighted by atomic mass is 32.2. The Kier molecular flexibility index (Phi) is 5.94. The van der Waals surface area contributed by atoms with Crippen molar-refractivity contribution in [1.29, 1.82) is 0 Å². The average molecular weight is 424 g/mol. The molecule has 30 heavy (non-hydrogen) atoms. The van der Waals surface area contributed by atoms with Crippen molar-refractivity contribution in [2.45, 2.75) is 24.7 Å². The van der Waals surface area contributed by atoms with Crippen molar-refractivity contribution >= 4 is 34.3 Å². The highest BCUT2D eigenvalue weighted by Crippen LogP contribution is 2.21. The molecule has 0 spiro atoms. The molecule has 1 amide bonds. The maximum atomic E-state index is 12.8. The van der Waals surface area contributed by atoms with Crippen LogP contribution >= 0.6 is 11.8 Å². The summed E-state index contributed by atoms with van der Waals surface area (Å²) in [6.45, 7) is 5.43. The topological polar surface area (TPSA) is 99.1 Å². The fourth-order valence-corrected chi connectivity index (χ4v) is 3.98. The van der Waals surface area contributed by atoms with Crippen molar-refractivity contribution in [2.24, 2.45) is 0 Å². The molecule has 1 N–H and O–H groups in total. The van der Waals surface area contributed by atoms with E-state index in [2.05, 4.69) is 27.1 Å². The van der Waals surface area contributed by atoms with E-state index in [0.29, 0.717) is 34.9 Å². The Morgan fingerprint density at radius 2 is 2.13 bits per heavy atom. The summed E-state index contributed by atoms with van der Waals surface area (Å²) in [5.74, 6) is 0.564. The number of benzene rings is 1. The fraction of sp³-hybridized carbons (Fsp3) is 0.250. The van der Waals surface area contributed by atoms with Crippen LogP contribution in [0.5, 0.6) is 0 Å². The van der Waals surface area contributed by atoms with E-state index in [1.165, 1.54) is 16.3 Å². The molecule has 3 aromatic heterocycles. The normalized spacial score (nSPS) is 11.2. The van der Waals surface area contributed by atoms with Gasteiger partial charge in [0.05, 0.1) is 23.0 Å². The molecule has 0 atom stereocenters. The number of imidazole rings is 1. The summed E-state index contributed by atoms with van der Waals surface area (Å²) in [4.78, 5) is 29.0. The van der Waals surface area contributed by atoms with Gasteiger partial charge >= 0.3 is 0 Å². The number of rotatable bonds is 9. The number of nitrogens with zero attached hydrogens (tertiary/aromatic N) is 6. The van der Waals surface area contributed by atoms with E-state index in [4.69, 9.17) is 0 Å². The molecule has 0 aliphatic rings. The van der Waals surface area contributed by atoms with E-state index < -0.39 is 0 Å². The zero-order valence-electron chi connectivity index (χ0n) is 16.3. The predicted octanol–water partition coefficient (Wildman–Crippen LogP) is 1.73. The molecule has 10 heteroatoms. The van der Waals surface area contributed by atoms with Gasteiger partial charge in [-0.05, 0) is 18.6 Å². The lowest BCUT2D eigenvalue weighted by molar-refractivity contribution is -0.118. The van der Waals surface area contributed by atoms with Gasteiger partial charge in [0.25, 0.3) is 5.56 Å². The van der Waals surface area contributed by atoms with Crippen LogP contribution in [0.3, 0.4) is 0 Å². The second kappa shape index (κ2) is 8.95. The van der Waals surface area contributed by atoms with Crippen molar-refractivity contribution in [1.82, 2.24) is 34.0 Å². The van der Waals surface area contributed by atoms with Crippen LogP contribution in [0.1, 0.15) is 6.42 Å². The lowest BCUT2D eigenvalue weighted by Crippen LogP contribution is -2.27. The molecule has 1 aromatic carbocycles. The summed E-state index contributed by atoms with van der Waals surface area (Å²) >= 11 is 1.29. The first-order valence-electron chi connectivity index (χ1n) is 9.52. The Bertz CT molecular complexity index is 1240. The standard InChI is InChI=1S/C20H21N7O2S/c1-2-10-26-18(29)15-6-3-4-7-16(15)27-19(26)23-24-20(27)30-13-17(28)22-8-5-11-25-12-9-21-14-25/h2-4,6-7,9,12,14H,1,5,8,10-11,13H2,(H,22,28). The Hall–Kier alpha value is -3.40. The van der Waals surface area contributed by atoms with E-state index in [-0.39, 0.29) is 17.2 Å². The Morgan fingerprint density at radius 1 is 1.27 bits per heavy atom. The van der Waals surface area contributed by atoms with E-state index in [9.17, 15) is 9.59 Å². The maximum Gasteiger partial charge on any atom is 0.263 e. The van der Waals surface area contributed by atoms with Gasteiger partial charge in [-0.25, -0.2) is 4.98 Å². The third-order valence-corrected chi connectivity index (χ3v) is 5.53. The predicted molar refractivity (Wildman–Crippen MR) is 116 cm³/mol. The Balaban J connectivity index is 1.48. The van der Waals surface area contributed by atoms with E-state index in [1.807, 2.05) is 33.4 Å². The lowest BCUT2D eigenvalue weighted by Gasteiger charge is -2.09. The minimum atomic E-state index is -0.141. The third kappa shape index (κ3) is 3.99. The average Bonchev–Trinajstić information content (AvgIpc) is 3.43. The number of carbonyl (C=O) groups is 1. The number of amides is 1. The Labute approximate surface area is 176 Å². The van der Waals surface area contributed by atoms with Crippen LogP contribution in [0.25, 0.3) is 16.7 Å². The molecule has 4 rings (SSSR count). The molecule has 0 saturated heterocycles. The van der Waals surface area contributed by atoms with Gasteiger partial charge in [-0.15, -0.1) is 16.8 Å². The molecule has 0 fully saturated rings. The number of thioether (sulfide) groups is 1. The highest BCUT2D eigenvalue weighted by Gasteiger charge is 2.16. The number of para-hydroxylation sites is 1. The second-order valence-electron chi connectivity index (χ2n) is 6.63. The molecule has 9 nitrogen and oxygen atoms in total. The number of hydrogen-bond donors (Lipinski definition) is 1. The number of aromatic nitrogens is 6. The minimum Gasteiger partial charge on any atom is -0.355 e. The summed E-state index contributed by atoms with van der Waals surface area (Å²) < 4.78 is 5.32. The minimum absolute atomic E-state index is 0.0777. The SMILES string of the molecule is C=CCn1c(=O)c2ccccc2n2c(SCC(=O)NCCCn3ccnc3)nnc12. The van der Waals surface area contributed by atoms with Crippen LogP contribution in [-0.4, -0.2) is 46.9 Å². The largest absolute Gasteiger partial charge is 0.355 e. The fourth-order valence-electron chi connectivity index (χ4n) is 3.21. The molecule has 0 radical (unpaired) electrons. The molecular weight excluding hydrogens is 402 g/mol. The second-order valence-corrected chi connectivity index (χ2v) is 7.57. The number of hydrogen-bond acceptors (Lipinski definition) is 6. The number of aryl methyl sites for hydroxylation is 1. The van der Waals surface area contributed by atoms with Crippen LogP contribution in [0.2, 0.25) is 0 Å². The maximum absolute atomic E-state index is 12.8. The van der Waals surface area contributed by atoms with Gasteiger partial charge in [-0.2, -0.15) is 0 Å². The third-order valence-electron chi connectivity index (χ3n) is 4.60. The van der Waals surface area contributed by atoms with Crippen molar-refractivity contribution in [2.75, 3.05) is 12.3 Å². The van der Waals surface area contributed by atoms with Gasteiger partial charge in [0.15, 0.2) is 5.16 Å². The van der Waals surface area contributed by atoms with Crippen molar-refractivity contribution in [3.63, 3.8) is 0 Å². The zero-order chi connectivity index (χ0) is 20.9. The van der Waals surface area contributed by atoms with E-state index in [0.717, 1.165) is 13.0 Å². The molecule has 154 valence electrons. The molecular formula is C20H21N7O2S. The molecule has 0 unspecified atom stereocenters. The first kappa shape index (κ1) is 19.9. The van der Waals surface area contributed by atoms with Crippen LogP contribution in [0.4, 0.5) is 0 Å². The smallest absolute Gasteiger partial charge is 0.263 e. The number of nitrogens with one attached hydrogen (secondary N) is 1. The van der Waals surface area contributed by atoms with Crippen LogP contribution in [0, 0.1) is 0 Å². The Morgan fingerprint density at radius 3 is 2.93 bits per heavy atom. The molecule has 0 saturated carbocycles. The van der Waals surface area contributed by atoms with Crippen LogP contribution < -0.4 is 10.9 Å². The van der Waals surface area contributed by atoms with Gasteiger partial charge < -0.3 is 9.88 Å². The number of fused-ring (bicyclic) bond motifs is 3. The molecule has 0 aliphatic carbocycles. The zero-order valence-corrected chi connectivity index (χ0v) is 17.1. The summed E-state index contributed by atoms with van der Waals surface area (Å²) in [7, 11) is 0. The van der Waals surface area contributed by atoms with Crippen molar-refractivity contribution in [3.05, 3.63) is 66.0 Å². The summed E-state index contributed by atoms with van der Waals surface area (Å²) in [5, 5.41) is 12.5. The van der Waals surface area contributed by atoms with E-state index in [1.54, 1.807) is 24.7 Å². The van der Waals surface area contributed by atoms with Gasteiger partial charge in [0.1, 0.15) is 0 Å². The molecule has 4 aromatic rings. The molecule has 3 heterocycles. The van der Waals surface area contributed by atoms with Crippen molar-refractivity contribution < 1.29 is 4.79 Å². The first-order valence-corrected chi connectivity index (χ1v) is 10.5. The van der Waals surface area contributed by atoms with Gasteiger partial charge in [0, 0.05) is 32.0 Å².